The molecule has 0 spiro atoms. The fourth-order valence-corrected chi connectivity index (χ4v) is 3.36. The van der Waals surface area contributed by atoms with E-state index in [9.17, 15) is 32.3 Å². The maximum absolute atomic E-state index is 12.8. The van der Waals surface area contributed by atoms with E-state index in [1.165, 1.54) is 38.5 Å². The predicted octanol–water partition coefficient (Wildman–Crippen LogP) is 2.40. The number of amides is 3. The number of methoxy groups -OCH3 is 2. The number of halogens is 3. The lowest BCUT2D eigenvalue weighted by Crippen LogP contribution is -2.43. The second-order valence-electron chi connectivity index (χ2n) is 7.65. The van der Waals surface area contributed by atoms with Gasteiger partial charge in [0.25, 0.3) is 11.8 Å². The van der Waals surface area contributed by atoms with Crippen molar-refractivity contribution in [2.24, 2.45) is 5.92 Å². The fourth-order valence-electron chi connectivity index (χ4n) is 3.36. The van der Waals surface area contributed by atoms with Crippen molar-refractivity contribution in [3.05, 3.63) is 53.6 Å². The lowest BCUT2D eigenvalue weighted by Gasteiger charge is -2.18. The second-order valence-corrected chi connectivity index (χ2v) is 7.65. The molecule has 2 aromatic carbocycles. The van der Waals surface area contributed by atoms with Crippen molar-refractivity contribution in [3.63, 3.8) is 0 Å². The van der Waals surface area contributed by atoms with Gasteiger partial charge in [0.05, 0.1) is 32.2 Å². The molecule has 36 heavy (non-hydrogen) atoms. The van der Waals surface area contributed by atoms with Crippen LogP contribution in [-0.4, -0.2) is 56.1 Å². The van der Waals surface area contributed by atoms with Crippen LogP contribution in [-0.2, 0) is 25.3 Å². The van der Waals surface area contributed by atoms with Crippen molar-refractivity contribution in [2.75, 3.05) is 32.7 Å². The number of alkyl halides is 3. The molecule has 1 saturated heterocycles. The minimum Gasteiger partial charge on any atom is -0.493 e. The number of anilines is 1. The van der Waals surface area contributed by atoms with Gasteiger partial charge >= 0.3 is 12.1 Å². The van der Waals surface area contributed by atoms with Gasteiger partial charge in [-0.2, -0.15) is 13.2 Å². The number of ether oxygens (including phenoxy) is 3. The van der Waals surface area contributed by atoms with Crippen molar-refractivity contribution in [1.29, 1.82) is 0 Å². The Morgan fingerprint density at radius 1 is 1.06 bits per heavy atom. The van der Waals surface area contributed by atoms with Crippen LogP contribution in [0.25, 0.3) is 0 Å². The second kappa shape index (κ2) is 11.0. The van der Waals surface area contributed by atoms with E-state index in [1.54, 1.807) is 0 Å². The zero-order valence-electron chi connectivity index (χ0n) is 19.2. The maximum atomic E-state index is 12.8. The average molecular weight is 509 g/mol. The van der Waals surface area contributed by atoms with Gasteiger partial charge in [-0.05, 0) is 36.4 Å². The molecule has 2 aromatic rings. The molecule has 10 nitrogen and oxygen atoms in total. The summed E-state index contributed by atoms with van der Waals surface area (Å²) in [7, 11) is 2.84. The highest BCUT2D eigenvalue weighted by molar-refractivity contribution is 5.97. The number of carbonyl (C=O) groups excluding carboxylic acids is 4. The topological polar surface area (TPSA) is 123 Å². The molecule has 0 aromatic heterocycles. The van der Waals surface area contributed by atoms with Crippen LogP contribution in [0.1, 0.15) is 22.3 Å². The van der Waals surface area contributed by atoms with Gasteiger partial charge in [0.2, 0.25) is 5.91 Å². The first-order valence-corrected chi connectivity index (χ1v) is 10.5. The summed E-state index contributed by atoms with van der Waals surface area (Å²) in [5.74, 6) is -3.13. The molecular weight excluding hydrogens is 487 g/mol. The summed E-state index contributed by atoms with van der Waals surface area (Å²) >= 11 is 0. The highest BCUT2D eigenvalue weighted by atomic mass is 19.4. The highest BCUT2D eigenvalue weighted by Gasteiger charge is 2.37. The standard InChI is InChI=1S/C23H22F3N3O7/c1-34-17-7-6-13(8-18(17)35-2)21(32)28-29-11-14(9-20(29)31)22(33)36-12-19(30)27-16-5-3-4-15(10-16)23(24,25)26/h3-8,10,14H,9,11-12H2,1-2H3,(H,27,30)(H,28,32)/t14-/m1/s1. The van der Waals surface area contributed by atoms with Crippen LogP contribution in [0.5, 0.6) is 11.5 Å². The number of nitrogens with one attached hydrogen (secondary N) is 2. The monoisotopic (exact) mass is 509 g/mol. The number of hydrogen-bond donors (Lipinski definition) is 2. The smallest absolute Gasteiger partial charge is 0.416 e. The summed E-state index contributed by atoms with van der Waals surface area (Å²) in [6.45, 7) is -0.955. The Labute approximate surface area is 203 Å². The summed E-state index contributed by atoms with van der Waals surface area (Å²) in [6, 6.07) is 8.37. The van der Waals surface area contributed by atoms with Gasteiger partial charge in [-0.25, -0.2) is 0 Å². The number of hydrogen-bond acceptors (Lipinski definition) is 7. The number of hydrazine groups is 1. The van der Waals surface area contributed by atoms with Crippen LogP contribution in [0.3, 0.4) is 0 Å². The average Bonchev–Trinajstić information content (AvgIpc) is 3.21. The first-order chi connectivity index (χ1) is 17.0. The first kappa shape index (κ1) is 26.3. The fraction of sp³-hybridized carbons (Fsp3) is 0.304. The zero-order valence-corrected chi connectivity index (χ0v) is 19.2. The Balaban J connectivity index is 1.51. The van der Waals surface area contributed by atoms with E-state index in [-0.39, 0.29) is 24.2 Å². The van der Waals surface area contributed by atoms with E-state index >= 15 is 0 Å². The highest BCUT2D eigenvalue weighted by Crippen LogP contribution is 2.31. The Kier molecular flexibility index (Phi) is 8.02. The van der Waals surface area contributed by atoms with Gasteiger partial charge in [0.1, 0.15) is 0 Å². The molecular formula is C23H22F3N3O7. The number of esters is 1. The SMILES string of the molecule is COc1ccc(C(=O)NN2C[C@H](C(=O)OCC(=O)Nc3cccc(C(F)(F)F)c3)CC2=O)cc1OC. The molecule has 2 N–H and O–H groups in total. The molecule has 1 fully saturated rings. The number of carbonyl (C=O) groups is 4. The van der Waals surface area contributed by atoms with Crippen molar-refractivity contribution >= 4 is 29.4 Å². The van der Waals surface area contributed by atoms with Gasteiger partial charge in [-0.1, -0.05) is 6.07 Å². The van der Waals surface area contributed by atoms with Crippen molar-refractivity contribution in [3.8, 4) is 11.5 Å². The molecule has 1 aliphatic heterocycles. The van der Waals surface area contributed by atoms with E-state index in [1.807, 2.05) is 0 Å². The molecule has 1 atom stereocenters. The zero-order chi connectivity index (χ0) is 26.5. The van der Waals surface area contributed by atoms with Crippen LogP contribution < -0.4 is 20.2 Å². The lowest BCUT2D eigenvalue weighted by atomic mass is 10.1. The molecule has 3 amide bonds. The Morgan fingerprint density at radius 2 is 1.78 bits per heavy atom. The minimum atomic E-state index is -4.58. The Hall–Kier alpha value is -4.29. The lowest BCUT2D eigenvalue weighted by molar-refractivity contribution is -0.151. The van der Waals surface area contributed by atoms with E-state index in [4.69, 9.17) is 14.2 Å². The third-order valence-electron chi connectivity index (χ3n) is 5.16. The third-order valence-corrected chi connectivity index (χ3v) is 5.16. The normalized spacial score (nSPS) is 15.3. The minimum absolute atomic E-state index is 0.119. The van der Waals surface area contributed by atoms with Crippen LogP contribution >= 0.6 is 0 Å². The Bertz CT molecular complexity index is 1170. The third kappa shape index (κ3) is 6.43. The predicted molar refractivity (Wildman–Crippen MR) is 118 cm³/mol. The molecule has 0 saturated carbocycles. The summed E-state index contributed by atoms with van der Waals surface area (Å²) in [5, 5.41) is 3.18. The number of nitrogens with zero attached hydrogens (tertiary/aromatic N) is 1. The first-order valence-electron chi connectivity index (χ1n) is 10.5. The molecule has 1 heterocycles. The molecule has 0 aliphatic carbocycles. The van der Waals surface area contributed by atoms with E-state index in [2.05, 4.69) is 10.7 Å². The molecule has 1 aliphatic rings. The van der Waals surface area contributed by atoms with E-state index < -0.39 is 48.0 Å². The quantitative estimate of drug-likeness (QED) is 0.524. The van der Waals surface area contributed by atoms with Gasteiger partial charge in [0, 0.05) is 17.7 Å². The summed E-state index contributed by atoms with van der Waals surface area (Å²) in [6.07, 6.45) is -4.84. The van der Waals surface area contributed by atoms with Crippen LogP contribution in [0.2, 0.25) is 0 Å². The molecule has 0 unspecified atom stereocenters. The summed E-state index contributed by atoms with van der Waals surface area (Å²) in [4.78, 5) is 49.1. The molecule has 13 heteroatoms. The molecule has 3 rings (SSSR count). The van der Waals surface area contributed by atoms with Crippen molar-refractivity contribution in [2.45, 2.75) is 12.6 Å². The summed E-state index contributed by atoms with van der Waals surface area (Å²) < 4.78 is 53.5. The summed E-state index contributed by atoms with van der Waals surface area (Å²) in [5.41, 5.74) is 1.51. The van der Waals surface area contributed by atoms with E-state index in [0.29, 0.717) is 11.5 Å². The van der Waals surface area contributed by atoms with E-state index in [0.717, 1.165) is 23.2 Å². The molecule has 0 radical (unpaired) electrons. The number of rotatable bonds is 8. The number of benzene rings is 2. The maximum Gasteiger partial charge on any atom is 0.416 e. The van der Waals surface area contributed by atoms with Gasteiger partial charge in [-0.15, -0.1) is 0 Å². The molecule has 192 valence electrons. The molecule has 0 bridgehead atoms. The van der Waals surface area contributed by atoms with Crippen LogP contribution in [0, 0.1) is 5.92 Å². The largest absolute Gasteiger partial charge is 0.493 e. The van der Waals surface area contributed by atoms with Gasteiger partial charge in [0.15, 0.2) is 18.1 Å². The van der Waals surface area contributed by atoms with Crippen molar-refractivity contribution in [1.82, 2.24) is 10.4 Å². The van der Waals surface area contributed by atoms with Crippen molar-refractivity contribution < 1.29 is 46.6 Å². The Morgan fingerprint density at radius 3 is 2.44 bits per heavy atom. The van der Waals surface area contributed by atoms with Crippen LogP contribution in [0.4, 0.5) is 18.9 Å². The van der Waals surface area contributed by atoms with Gasteiger partial charge in [-0.3, -0.25) is 29.6 Å². The van der Waals surface area contributed by atoms with Gasteiger partial charge < -0.3 is 19.5 Å². The van der Waals surface area contributed by atoms with Crippen LogP contribution in [0.15, 0.2) is 42.5 Å².